The Morgan fingerprint density at radius 2 is 1.95 bits per heavy atom. The molecular weight excluding hydrogens is 264 g/mol. The molecule has 0 heterocycles. The number of carboxylic acids is 1. The first-order valence-corrected chi connectivity index (χ1v) is 7.05. The Labute approximate surface area is 123 Å². The van der Waals surface area contributed by atoms with Gasteiger partial charge in [0, 0.05) is 22.0 Å². The lowest BCUT2D eigenvalue weighted by Crippen LogP contribution is -2.46. The van der Waals surface area contributed by atoms with Gasteiger partial charge in [0.15, 0.2) is 0 Å². The van der Waals surface area contributed by atoms with E-state index in [-0.39, 0.29) is 12.0 Å². The van der Waals surface area contributed by atoms with Gasteiger partial charge in [-0.2, -0.15) is 5.26 Å². The van der Waals surface area contributed by atoms with Crippen LogP contribution in [0.15, 0.2) is 36.4 Å². The monoisotopic (exact) mass is 280 g/mol. The number of nitrogens with one attached hydrogen (secondary N) is 1. The first-order valence-electron chi connectivity index (χ1n) is 7.05. The van der Waals surface area contributed by atoms with Crippen molar-refractivity contribution < 1.29 is 9.90 Å². The molecule has 3 rings (SSSR count). The minimum absolute atomic E-state index is 0.126. The molecule has 106 valence electrons. The molecule has 4 nitrogen and oxygen atoms in total. The summed E-state index contributed by atoms with van der Waals surface area (Å²) in [5.74, 6) is -0.778. The van der Waals surface area contributed by atoms with Crippen molar-refractivity contribution >= 4 is 22.4 Å². The van der Waals surface area contributed by atoms with E-state index in [0.717, 1.165) is 35.7 Å². The maximum atomic E-state index is 11.1. The van der Waals surface area contributed by atoms with Gasteiger partial charge in [0.25, 0.3) is 0 Å². The molecule has 2 aromatic rings. The molecule has 0 bridgehead atoms. The highest BCUT2D eigenvalue weighted by Crippen LogP contribution is 2.40. The predicted octanol–water partition coefficient (Wildman–Crippen LogP) is 3.52. The van der Waals surface area contributed by atoms with Crippen molar-refractivity contribution in [1.29, 1.82) is 5.26 Å². The summed E-state index contributed by atoms with van der Waals surface area (Å²) < 4.78 is 0. The topological polar surface area (TPSA) is 73.1 Å². The summed E-state index contributed by atoms with van der Waals surface area (Å²) in [6, 6.07) is 13.6. The Kier molecular flexibility index (Phi) is 3.26. The third-order valence-corrected chi connectivity index (χ3v) is 4.24. The second kappa shape index (κ2) is 5.10. The van der Waals surface area contributed by atoms with Crippen molar-refractivity contribution in [2.75, 3.05) is 5.32 Å². The number of aliphatic carboxylic acids is 1. The maximum absolute atomic E-state index is 11.1. The number of benzene rings is 2. The smallest absolute Gasteiger partial charge is 0.305 e. The summed E-state index contributed by atoms with van der Waals surface area (Å²) >= 11 is 0. The van der Waals surface area contributed by atoms with Crippen LogP contribution in [0.2, 0.25) is 0 Å². The van der Waals surface area contributed by atoms with Crippen LogP contribution in [0.25, 0.3) is 10.8 Å². The number of carboxylic acid groups (broad SMARTS) is 1. The van der Waals surface area contributed by atoms with Crippen LogP contribution in [-0.2, 0) is 4.79 Å². The lowest BCUT2D eigenvalue weighted by molar-refractivity contribution is -0.138. The lowest BCUT2D eigenvalue weighted by atomic mass is 9.74. The Morgan fingerprint density at radius 1 is 1.24 bits per heavy atom. The Morgan fingerprint density at radius 3 is 2.52 bits per heavy atom. The van der Waals surface area contributed by atoms with Gasteiger partial charge in [-0.15, -0.1) is 0 Å². The van der Waals surface area contributed by atoms with Crippen molar-refractivity contribution in [1.82, 2.24) is 0 Å². The maximum Gasteiger partial charge on any atom is 0.305 e. The number of hydrogen-bond acceptors (Lipinski definition) is 3. The number of fused-ring (bicyclic) bond motifs is 1. The molecule has 2 N–H and O–H groups in total. The first-order chi connectivity index (χ1) is 10.1. The van der Waals surface area contributed by atoms with E-state index in [1.807, 2.05) is 30.3 Å². The molecule has 0 amide bonds. The Bertz CT molecular complexity index is 742. The van der Waals surface area contributed by atoms with Crippen LogP contribution in [0, 0.1) is 11.3 Å². The van der Waals surface area contributed by atoms with Crippen molar-refractivity contribution in [2.45, 2.75) is 31.2 Å². The van der Waals surface area contributed by atoms with Gasteiger partial charge < -0.3 is 10.4 Å². The molecule has 0 saturated heterocycles. The van der Waals surface area contributed by atoms with Crippen LogP contribution in [0.1, 0.15) is 31.2 Å². The van der Waals surface area contributed by atoms with E-state index in [9.17, 15) is 10.1 Å². The average Bonchev–Trinajstić information content (AvgIpc) is 2.44. The van der Waals surface area contributed by atoms with Gasteiger partial charge in [0.1, 0.15) is 0 Å². The first kappa shape index (κ1) is 13.4. The zero-order valence-electron chi connectivity index (χ0n) is 11.6. The van der Waals surface area contributed by atoms with E-state index in [4.69, 9.17) is 5.11 Å². The predicted molar refractivity (Wildman–Crippen MR) is 81.1 cm³/mol. The molecule has 0 unspecified atom stereocenters. The summed E-state index contributed by atoms with van der Waals surface area (Å²) in [6.07, 6.45) is 2.91. The summed E-state index contributed by atoms with van der Waals surface area (Å²) in [7, 11) is 0. The van der Waals surface area contributed by atoms with Gasteiger partial charge in [-0.05, 0) is 31.4 Å². The molecule has 0 spiro atoms. The fourth-order valence-corrected chi connectivity index (χ4v) is 3.03. The lowest BCUT2D eigenvalue weighted by Gasteiger charge is -2.42. The second-order valence-electron chi connectivity index (χ2n) is 5.65. The fraction of sp³-hybridized carbons (Fsp3) is 0.294. The molecule has 1 saturated carbocycles. The summed E-state index contributed by atoms with van der Waals surface area (Å²) in [5.41, 5.74) is 1.20. The van der Waals surface area contributed by atoms with E-state index in [0.29, 0.717) is 5.56 Å². The van der Waals surface area contributed by atoms with Gasteiger partial charge in [0.2, 0.25) is 0 Å². The van der Waals surface area contributed by atoms with Gasteiger partial charge in [-0.25, -0.2) is 0 Å². The van der Waals surface area contributed by atoms with Crippen LogP contribution in [0.5, 0.6) is 0 Å². The average molecular weight is 280 g/mol. The molecule has 1 aliphatic rings. The minimum Gasteiger partial charge on any atom is -0.481 e. The van der Waals surface area contributed by atoms with E-state index >= 15 is 0 Å². The number of hydrogen-bond donors (Lipinski definition) is 2. The number of carbonyl (C=O) groups is 1. The number of nitrogens with zero attached hydrogens (tertiary/aromatic N) is 1. The minimum atomic E-state index is -0.778. The SMILES string of the molecule is N#Cc1ccc(NC2(CC(=O)O)CCC2)c2ccccc12. The Balaban J connectivity index is 2.02. The largest absolute Gasteiger partial charge is 0.481 e. The molecule has 4 heteroatoms. The highest BCUT2D eigenvalue weighted by Gasteiger charge is 2.39. The third kappa shape index (κ3) is 2.43. The van der Waals surface area contributed by atoms with E-state index in [2.05, 4.69) is 11.4 Å². The number of nitriles is 1. The third-order valence-electron chi connectivity index (χ3n) is 4.24. The fourth-order valence-electron chi connectivity index (χ4n) is 3.03. The van der Waals surface area contributed by atoms with E-state index in [1.54, 1.807) is 6.07 Å². The molecule has 1 aliphatic carbocycles. The molecule has 21 heavy (non-hydrogen) atoms. The van der Waals surface area contributed by atoms with Crippen molar-refractivity contribution in [3.63, 3.8) is 0 Å². The molecular formula is C17H16N2O2. The molecule has 0 aromatic heterocycles. The van der Waals surface area contributed by atoms with Crippen LogP contribution in [0.4, 0.5) is 5.69 Å². The Hall–Kier alpha value is -2.54. The second-order valence-corrected chi connectivity index (χ2v) is 5.65. The molecule has 1 fully saturated rings. The zero-order valence-corrected chi connectivity index (χ0v) is 11.6. The normalized spacial score (nSPS) is 16.0. The van der Waals surface area contributed by atoms with Gasteiger partial charge >= 0.3 is 5.97 Å². The van der Waals surface area contributed by atoms with Crippen LogP contribution >= 0.6 is 0 Å². The molecule has 0 aliphatic heterocycles. The summed E-state index contributed by atoms with van der Waals surface area (Å²) in [6.45, 7) is 0. The standard InChI is InChI=1S/C17H16N2O2/c18-11-12-6-7-15(14-5-2-1-4-13(12)14)19-17(8-3-9-17)10-16(20)21/h1-2,4-7,19H,3,8-10H2,(H,20,21). The summed E-state index contributed by atoms with van der Waals surface area (Å²) in [4.78, 5) is 11.1. The van der Waals surface area contributed by atoms with E-state index < -0.39 is 5.97 Å². The van der Waals surface area contributed by atoms with Crippen LogP contribution in [-0.4, -0.2) is 16.6 Å². The molecule has 0 atom stereocenters. The van der Waals surface area contributed by atoms with Gasteiger partial charge in [-0.1, -0.05) is 24.3 Å². The van der Waals surface area contributed by atoms with Crippen LogP contribution in [0.3, 0.4) is 0 Å². The van der Waals surface area contributed by atoms with Crippen molar-refractivity contribution in [2.24, 2.45) is 0 Å². The van der Waals surface area contributed by atoms with Crippen LogP contribution < -0.4 is 5.32 Å². The zero-order chi connectivity index (χ0) is 14.9. The quantitative estimate of drug-likeness (QED) is 0.898. The van der Waals surface area contributed by atoms with Gasteiger partial charge in [-0.3, -0.25) is 4.79 Å². The molecule has 2 aromatic carbocycles. The van der Waals surface area contributed by atoms with Crippen molar-refractivity contribution in [3.05, 3.63) is 42.0 Å². The highest BCUT2D eigenvalue weighted by atomic mass is 16.4. The molecule has 0 radical (unpaired) electrons. The highest BCUT2D eigenvalue weighted by molar-refractivity contribution is 5.97. The van der Waals surface area contributed by atoms with E-state index in [1.165, 1.54) is 0 Å². The van der Waals surface area contributed by atoms with Gasteiger partial charge in [0.05, 0.1) is 18.1 Å². The van der Waals surface area contributed by atoms with Crippen molar-refractivity contribution in [3.8, 4) is 6.07 Å². The summed E-state index contributed by atoms with van der Waals surface area (Å²) in [5, 5.41) is 23.6. The number of anilines is 1. The number of rotatable bonds is 4.